The number of methoxy groups -OCH3 is 1. The number of benzene rings is 1. The highest BCUT2D eigenvalue weighted by Crippen LogP contribution is 2.21. The van der Waals surface area contributed by atoms with Crippen molar-refractivity contribution < 1.29 is 22.7 Å². The van der Waals surface area contributed by atoms with Gasteiger partial charge in [0.2, 0.25) is 5.91 Å². The summed E-state index contributed by atoms with van der Waals surface area (Å²) in [6.45, 7) is 0. The Morgan fingerprint density at radius 2 is 1.91 bits per heavy atom. The highest BCUT2D eigenvalue weighted by atomic mass is 32.2. The summed E-state index contributed by atoms with van der Waals surface area (Å²) >= 11 is 0. The van der Waals surface area contributed by atoms with Crippen LogP contribution in [0.25, 0.3) is 0 Å². The second kappa shape index (κ2) is 6.78. The molecule has 1 atom stereocenters. The van der Waals surface area contributed by atoms with Crippen LogP contribution in [0.1, 0.15) is 23.2 Å². The maximum Gasteiger partial charge on any atom is 0.269 e. The van der Waals surface area contributed by atoms with Gasteiger partial charge in [0, 0.05) is 12.0 Å². The maximum absolute atomic E-state index is 11.8. The lowest BCUT2D eigenvalue weighted by Crippen LogP contribution is -2.42. The summed E-state index contributed by atoms with van der Waals surface area (Å²) in [7, 11) is -1.47. The number of carbonyl (C=O) groups is 2. The average molecular weight is 326 g/mol. The lowest BCUT2D eigenvalue weighted by atomic mass is 10.1. The first-order chi connectivity index (χ1) is 10.4. The van der Waals surface area contributed by atoms with E-state index < -0.39 is 21.7 Å². The molecule has 1 aliphatic rings. The van der Waals surface area contributed by atoms with Crippen molar-refractivity contribution in [3.05, 3.63) is 29.8 Å². The first kappa shape index (κ1) is 16.3. The SMILES string of the molecule is COc1ccc(C(=O)NNC(=O)CC2CCS(=O)(=O)C2)cc1. The summed E-state index contributed by atoms with van der Waals surface area (Å²) in [6.07, 6.45) is 0.574. The number of rotatable bonds is 4. The van der Waals surface area contributed by atoms with E-state index in [9.17, 15) is 18.0 Å². The minimum absolute atomic E-state index is 0.0346. The molecule has 0 bridgehead atoms. The van der Waals surface area contributed by atoms with Crippen LogP contribution in [0.2, 0.25) is 0 Å². The Morgan fingerprint density at radius 1 is 1.23 bits per heavy atom. The van der Waals surface area contributed by atoms with Crippen molar-refractivity contribution in [2.75, 3.05) is 18.6 Å². The molecule has 0 radical (unpaired) electrons. The molecule has 120 valence electrons. The molecule has 0 saturated carbocycles. The van der Waals surface area contributed by atoms with Crippen LogP contribution in [0.15, 0.2) is 24.3 Å². The van der Waals surface area contributed by atoms with E-state index in [1.54, 1.807) is 24.3 Å². The maximum atomic E-state index is 11.8. The number of sulfone groups is 1. The molecule has 1 heterocycles. The van der Waals surface area contributed by atoms with Gasteiger partial charge >= 0.3 is 0 Å². The molecule has 1 aromatic rings. The van der Waals surface area contributed by atoms with Gasteiger partial charge in [0.25, 0.3) is 5.91 Å². The molecule has 1 unspecified atom stereocenters. The number of hydrogen-bond acceptors (Lipinski definition) is 5. The molecule has 1 aromatic carbocycles. The third-order valence-corrected chi connectivity index (χ3v) is 5.31. The predicted octanol–water partition coefficient (Wildman–Crippen LogP) is 0.281. The second-order valence-corrected chi connectivity index (χ2v) is 7.43. The Balaban J connectivity index is 1.79. The van der Waals surface area contributed by atoms with Gasteiger partial charge < -0.3 is 4.74 Å². The number of hydrazine groups is 1. The van der Waals surface area contributed by atoms with E-state index in [2.05, 4.69) is 10.9 Å². The Labute approximate surface area is 128 Å². The lowest BCUT2D eigenvalue weighted by Gasteiger charge is -2.10. The van der Waals surface area contributed by atoms with Gasteiger partial charge in [-0.05, 0) is 36.6 Å². The van der Waals surface area contributed by atoms with Gasteiger partial charge in [0.05, 0.1) is 18.6 Å². The van der Waals surface area contributed by atoms with Gasteiger partial charge in [-0.1, -0.05) is 0 Å². The number of amides is 2. The monoisotopic (exact) mass is 326 g/mol. The summed E-state index contributed by atoms with van der Waals surface area (Å²) in [6, 6.07) is 6.42. The average Bonchev–Trinajstić information content (AvgIpc) is 2.83. The second-order valence-electron chi connectivity index (χ2n) is 5.20. The summed E-state index contributed by atoms with van der Waals surface area (Å²) in [4.78, 5) is 23.5. The third kappa shape index (κ3) is 4.45. The van der Waals surface area contributed by atoms with Crippen LogP contribution < -0.4 is 15.6 Å². The fourth-order valence-electron chi connectivity index (χ4n) is 2.29. The number of hydrogen-bond donors (Lipinski definition) is 2. The first-order valence-corrected chi connectivity index (χ1v) is 8.65. The fourth-order valence-corrected chi connectivity index (χ4v) is 4.15. The molecule has 7 nitrogen and oxygen atoms in total. The zero-order valence-corrected chi connectivity index (χ0v) is 13.0. The van der Waals surface area contributed by atoms with Crippen LogP contribution in [0.4, 0.5) is 0 Å². The third-order valence-electron chi connectivity index (χ3n) is 3.47. The summed E-state index contributed by atoms with van der Waals surface area (Å²) in [5.74, 6) is -0.236. The van der Waals surface area contributed by atoms with E-state index in [0.717, 1.165) is 0 Å². The smallest absolute Gasteiger partial charge is 0.269 e. The van der Waals surface area contributed by atoms with Gasteiger partial charge in [0.15, 0.2) is 9.84 Å². The summed E-state index contributed by atoms with van der Waals surface area (Å²) < 4.78 is 27.6. The quantitative estimate of drug-likeness (QED) is 0.774. The minimum atomic E-state index is -3.00. The Bertz CT molecular complexity index is 654. The molecule has 2 amide bonds. The van der Waals surface area contributed by atoms with Gasteiger partial charge in [0.1, 0.15) is 5.75 Å². The van der Waals surface area contributed by atoms with E-state index in [1.807, 2.05) is 0 Å². The van der Waals surface area contributed by atoms with E-state index in [-0.39, 0.29) is 23.8 Å². The van der Waals surface area contributed by atoms with Crippen LogP contribution in [-0.2, 0) is 14.6 Å². The van der Waals surface area contributed by atoms with E-state index >= 15 is 0 Å². The van der Waals surface area contributed by atoms with Crippen molar-refractivity contribution >= 4 is 21.7 Å². The topological polar surface area (TPSA) is 102 Å². The van der Waals surface area contributed by atoms with Crippen molar-refractivity contribution in [3.8, 4) is 5.75 Å². The van der Waals surface area contributed by atoms with Gasteiger partial charge in [-0.2, -0.15) is 0 Å². The standard InChI is InChI=1S/C14H18N2O5S/c1-21-12-4-2-11(3-5-12)14(18)16-15-13(17)8-10-6-7-22(19,20)9-10/h2-5,10H,6-9H2,1H3,(H,15,17)(H,16,18). The molecule has 1 aliphatic heterocycles. The molecular formula is C14H18N2O5S. The largest absolute Gasteiger partial charge is 0.497 e. The molecular weight excluding hydrogens is 308 g/mol. The van der Waals surface area contributed by atoms with Gasteiger partial charge in [-0.3, -0.25) is 20.4 Å². The molecule has 0 aliphatic carbocycles. The van der Waals surface area contributed by atoms with Crippen molar-refractivity contribution in [2.24, 2.45) is 5.92 Å². The highest BCUT2D eigenvalue weighted by molar-refractivity contribution is 7.91. The normalized spacial score (nSPS) is 19.4. The van der Waals surface area contributed by atoms with Crippen molar-refractivity contribution in [1.29, 1.82) is 0 Å². The Hall–Kier alpha value is -2.09. The van der Waals surface area contributed by atoms with E-state index in [0.29, 0.717) is 17.7 Å². The minimum Gasteiger partial charge on any atom is -0.497 e. The molecule has 8 heteroatoms. The van der Waals surface area contributed by atoms with Crippen LogP contribution in [0.5, 0.6) is 5.75 Å². The van der Waals surface area contributed by atoms with Gasteiger partial charge in [-0.15, -0.1) is 0 Å². The zero-order valence-electron chi connectivity index (χ0n) is 12.2. The van der Waals surface area contributed by atoms with Crippen LogP contribution in [0, 0.1) is 5.92 Å². The molecule has 2 rings (SSSR count). The van der Waals surface area contributed by atoms with Crippen LogP contribution in [0.3, 0.4) is 0 Å². The zero-order chi connectivity index (χ0) is 16.2. The van der Waals surface area contributed by atoms with Crippen LogP contribution in [-0.4, -0.2) is 38.8 Å². The molecule has 22 heavy (non-hydrogen) atoms. The Morgan fingerprint density at radius 3 is 2.45 bits per heavy atom. The molecule has 2 N–H and O–H groups in total. The number of carbonyl (C=O) groups excluding carboxylic acids is 2. The van der Waals surface area contributed by atoms with Crippen molar-refractivity contribution in [1.82, 2.24) is 10.9 Å². The number of nitrogens with one attached hydrogen (secondary N) is 2. The lowest BCUT2D eigenvalue weighted by molar-refractivity contribution is -0.122. The summed E-state index contributed by atoms with van der Waals surface area (Å²) in [5, 5.41) is 0. The molecule has 0 spiro atoms. The fraction of sp³-hybridized carbons (Fsp3) is 0.429. The predicted molar refractivity (Wildman–Crippen MR) is 80.0 cm³/mol. The van der Waals surface area contributed by atoms with Crippen molar-refractivity contribution in [3.63, 3.8) is 0 Å². The van der Waals surface area contributed by atoms with Gasteiger partial charge in [-0.25, -0.2) is 8.42 Å². The summed E-state index contributed by atoms with van der Waals surface area (Å²) in [5.41, 5.74) is 4.98. The van der Waals surface area contributed by atoms with Crippen LogP contribution >= 0.6 is 0 Å². The highest BCUT2D eigenvalue weighted by Gasteiger charge is 2.29. The molecule has 1 saturated heterocycles. The van der Waals surface area contributed by atoms with Crippen molar-refractivity contribution in [2.45, 2.75) is 12.8 Å². The number of ether oxygens (including phenoxy) is 1. The van der Waals surface area contributed by atoms with E-state index in [4.69, 9.17) is 4.74 Å². The first-order valence-electron chi connectivity index (χ1n) is 6.83. The molecule has 0 aromatic heterocycles. The Kier molecular flexibility index (Phi) is 5.02. The van der Waals surface area contributed by atoms with E-state index in [1.165, 1.54) is 7.11 Å². The molecule has 1 fully saturated rings.